The zero-order valence-corrected chi connectivity index (χ0v) is 14.3. The summed E-state index contributed by atoms with van der Waals surface area (Å²) >= 11 is 0. The number of nitrogens with zero attached hydrogens (tertiary/aromatic N) is 1. The fourth-order valence-electron chi connectivity index (χ4n) is 4.04. The maximum Gasteiger partial charge on any atom is 0.254 e. The number of ether oxygens (including phenoxy) is 1. The van der Waals surface area contributed by atoms with Crippen molar-refractivity contribution in [2.75, 3.05) is 20.3 Å². The van der Waals surface area contributed by atoms with Crippen molar-refractivity contribution >= 4 is 11.8 Å². The molecule has 2 amide bonds. The van der Waals surface area contributed by atoms with Crippen LogP contribution in [-0.2, 0) is 16.1 Å². The fraction of sp³-hybridized carbons (Fsp3) is 0.579. The minimum Gasteiger partial charge on any atom is -0.383 e. The second-order valence-electron chi connectivity index (χ2n) is 6.85. The summed E-state index contributed by atoms with van der Waals surface area (Å²) in [6.45, 7) is 1.65. The van der Waals surface area contributed by atoms with Crippen molar-refractivity contribution < 1.29 is 14.3 Å². The van der Waals surface area contributed by atoms with E-state index in [1.165, 1.54) is 6.42 Å². The number of nitrogens with one attached hydrogen (secondary N) is 1. The molecule has 0 saturated heterocycles. The SMILES string of the molecule is COCCNC(=O)CC1(N2Cc3ccccc3C2=O)CCCCC1. The summed E-state index contributed by atoms with van der Waals surface area (Å²) in [5.74, 6) is 0.0925. The lowest BCUT2D eigenvalue weighted by atomic mass is 9.77. The Morgan fingerprint density at radius 2 is 2.00 bits per heavy atom. The van der Waals surface area contributed by atoms with Gasteiger partial charge in [0.05, 0.1) is 12.1 Å². The molecule has 2 aliphatic rings. The average molecular weight is 330 g/mol. The van der Waals surface area contributed by atoms with E-state index in [0.717, 1.165) is 36.8 Å². The lowest BCUT2D eigenvalue weighted by Gasteiger charge is -2.44. The molecule has 0 unspecified atom stereocenters. The lowest BCUT2D eigenvalue weighted by Crippen LogP contribution is -2.52. The Morgan fingerprint density at radius 3 is 2.71 bits per heavy atom. The van der Waals surface area contributed by atoms with Crippen molar-refractivity contribution in [1.82, 2.24) is 10.2 Å². The molecule has 1 fully saturated rings. The lowest BCUT2D eigenvalue weighted by molar-refractivity contribution is -0.124. The summed E-state index contributed by atoms with van der Waals surface area (Å²) in [5.41, 5.74) is 1.53. The van der Waals surface area contributed by atoms with Crippen molar-refractivity contribution in [1.29, 1.82) is 0 Å². The first-order chi connectivity index (χ1) is 11.7. The third kappa shape index (κ3) is 3.31. The predicted octanol–water partition coefficient (Wildman–Crippen LogP) is 2.50. The van der Waals surface area contributed by atoms with Crippen molar-refractivity contribution in [3.63, 3.8) is 0 Å². The molecule has 1 aliphatic heterocycles. The Kier molecular flexibility index (Phi) is 5.19. The zero-order valence-electron chi connectivity index (χ0n) is 14.3. The highest BCUT2D eigenvalue weighted by Gasteiger charge is 2.45. The van der Waals surface area contributed by atoms with Crippen molar-refractivity contribution in [3.05, 3.63) is 35.4 Å². The number of hydrogen-bond donors (Lipinski definition) is 1. The van der Waals surface area contributed by atoms with Gasteiger partial charge in [0.1, 0.15) is 0 Å². The number of fused-ring (bicyclic) bond motifs is 1. The molecule has 0 aromatic heterocycles. The van der Waals surface area contributed by atoms with Gasteiger partial charge >= 0.3 is 0 Å². The molecule has 130 valence electrons. The number of rotatable bonds is 6. The maximum absolute atomic E-state index is 12.9. The van der Waals surface area contributed by atoms with E-state index in [-0.39, 0.29) is 17.4 Å². The summed E-state index contributed by atoms with van der Waals surface area (Å²) in [4.78, 5) is 27.3. The summed E-state index contributed by atoms with van der Waals surface area (Å²) in [5, 5.41) is 2.91. The van der Waals surface area contributed by atoms with Gasteiger partial charge in [0, 0.05) is 32.2 Å². The molecule has 1 aromatic carbocycles. The number of carbonyl (C=O) groups is 2. The monoisotopic (exact) mass is 330 g/mol. The van der Waals surface area contributed by atoms with Gasteiger partial charge in [0.25, 0.3) is 5.91 Å². The van der Waals surface area contributed by atoms with Crippen LogP contribution in [-0.4, -0.2) is 42.5 Å². The van der Waals surface area contributed by atoms with Crippen LogP contribution in [0.4, 0.5) is 0 Å². The molecule has 3 rings (SSSR count). The van der Waals surface area contributed by atoms with E-state index >= 15 is 0 Å². The van der Waals surface area contributed by atoms with Crippen LogP contribution in [0.1, 0.15) is 54.4 Å². The van der Waals surface area contributed by atoms with Crippen LogP contribution in [0.25, 0.3) is 0 Å². The van der Waals surface area contributed by atoms with Crippen LogP contribution in [0.15, 0.2) is 24.3 Å². The molecule has 0 radical (unpaired) electrons. The van der Waals surface area contributed by atoms with Crippen molar-refractivity contribution in [2.45, 2.75) is 50.6 Å². The van der Waals surface area contributed by atoms with Crippen LogP contribution in [0.2, 0.25) is 0 Å². The van der Waals surface area contributed by atoms with E-state index in [2.05, 4.69) is 5.32 Å². The third-order valence-electron chi connectivity index (χ3n) is 5.30. The van der Waals surface area contributed by atoms with Gasteiger partial charge in [0.2, 0.25) is 5.91 Å². The first kappa shape index (κ1) is 17.0. The van der Waals surface area contributed by atoms with Crippen LogP contribution in [0.5, 0.6) is 0 Å². The predicted molar refractivity (Wildman–Crippen MR) is 91.6 cm³/mol. The minimum atomic E-state index is -0.342. The van der Waals surface area contributed by atoms with Crippen LogP contribution in [0, 0.1) is 0 Å². The van der Waals surface area contributed by atoms with E-state index in [1.54, 1.807) is 7.11 Å². The molecule has 1 aromatic rings. The Morgan fingerprint density at radius 1 is 1.25 bits per heavy atom. The van der Waals surface area contributed by atoms with Gasteiger partial charge in [-0.05, 0) is 24.5 Å². The van der Waals surface area contributed by atoms with E-state index < -0.39 is 0 Å². The molecule has 1 N–H and O–H groups in total. The van der Waals surface area contributed by atoms with Crippen LogP contribution < -0.4 is 5.32 Å². The first-order valence-electron chi connectivity index (χ1n) is 8.82. The quantitative estimate of drug-likeness (QED) is 0.815. The number of methoxy groups -OCH3 is 1. The van der Waals surface area contributed by atoms with Gasteiger partial charge in [-0.25, -0.2) is 0 Å². The number of amides is 2. The summed E-state index contributed by atoms with van der Waals surface area (Å²) in [7, 11) is 1.62. The van der Waals surface area contributed by atoms with Gasteiger partial charge in [-0.3, -0.25) is 9.59 Å². The van der Waals surface area contributed by atoms with E-state index in [4.69, 9.17) is 4.74 Å². The molecule has 5 heteroatoms. The minimum absolute atomic E-state index is 0.0118. The van der Waals surface area contributed by atoms with Gasteiger partial charge in [-0.1, -0.05) is 37.5 Å². The average Bonchev–Trinajstić information content (AvgIpc) is 2.94. The van der Waals surface area contributed by atoms with Crippen LogP contribution >= 0.6 is 0 Å². The Hall–Kier alpha value is -1.88. The molecule has 1 heterocycles. The molecular weight excluding hydrogens is 304 g/mol. The summed E-state index contributed by atoms with van der Waals surface area (Å²) in [6, 6.07) is 7.79. The second kappa shape index (κ2) is 7.34. The van der Waals surface area contributed by atoms with Gasteiger partial charge in [-0.2, -0.15) is 0 Å². The van der Waals surface area contributed by atoms with Crippen molar-refractivity contribution in [2.24, 2.45) is 0 Å². The second-order valence-corrected chi connectivity index (χ2v) is 6.85. The molecule has 1 aliphatic carbocycles. The van der Waals surface area contributed by atoms with E-state index in [9.17, 15) is 9.59 Å². The van der Waals surface area contributed by atoms with E-state index in [1.807, 2.05) is 29.2 Å². The Balaban J connectivity index is 1.77. The topological polar surface area (TPSA) is 58.6 Å². The van der Waals surface area contributed by atoms with Gasteiger partial charge in [-0.15, -0.1) is 0 Å². The van der Waals surface area contributed by atoms with Gasteiger partial charge in [0.15, 0.2) is 0 Å². The largest absolute Gasteiger partial charge is 0.383 e. The molecular formula is C19H26N2O3. The molecule has 1 saturated carbocycles. The van der Waals surface area contributed by atoms with Crippen molar-refractivity contribution in [3.8, 4) is 0 Å². The normalized spacial score (nSPS) is 19.2. The molecule has 0 atom stereocenters. The molecule has 24 heavy (non-hydrogen) atoms. The molecule has 0 spiro atoms. The fourth-order valence-corrected chi connectivity index (χ4v) is 4.04. The Bertz CT molecular complexity index is 608. The standard InChI is InChI=1S/C19H26N2O3/c1-24-12-11-20-17(22)13-19(9-5-2-6-10-19)21-14-15-7-3-4-8-16(15)18(21)23/h3-4,7-8H,2,5-6,9-14H2,1H3,(H,20,22). The Labute approximate surface area is 143 Å². The molecule has 0 bridgehead atoms. The maximum atomic E-state index is 12.9. The van der Waals surface area contributed by atoms with Gasteiger partial charge < -0.3 is 15.0 Å². The number of hydrogen-bond acceptors (Lipinski definition) is 3. The van der Waals surface area contributed by atoms with Crippen LogP contribution in [0.3, 0.4) is 0 Å². The number of benzene rings is 1. The molecule has 5 nitrogen and oxygen atoms in total. The smallest absolute Gasteiger partial charge is 0.254 e. The summed E-state index contributed by atoms with van der Waals surface area (Å²) in [6.07, 6.45) is 5.53. The zero-order chi connectivity index (χ0) is 17.0. The first-order valence-corrected chi connectivity index (χ1v) is 8.82. The highest BCUT2D eigenvalue weighted by molar-refractivity contribution is 5.99. The third-order valence-corrected chi connectivity index (χ3v) is 5.30. The van der Waals surface area contributed by atoms with E-state index in [0.29, 0.717) is 26.1 Å². The highest BCUT2D eigenvalue weighted by atomic mass is 16.5. The number of carbonyl (C=O) groups excluding carboxylic acids is 2. The summed E-state index contributed by atoms with van der Waals surface area (Å²) < 4.78 is 4.99. The highest BCUT2D eigenvalue weighted by Crippen LogP contribution is 2.41.